The molecule has 128 valence electrons. The number of methoxy groups -OCH3 is 1. The van der Waals surface area contributed by atoms with Crippen LogP contribution in [0.5, 0.6) is 0 Å². The molecular formula is C14H15FN4O3S2. The Bertz CT molecular complexity index is 708. The van der Waals surface area contributed by atoms with Crippen molar-refractivity contribution < 1.29 is 18.7 Å². The number of hydrogen-bond donors (Lipinski definition) is 2. The highest BCUT2D eigenvalue weighted by Crippen LogP contribution is 2.30. The third-order valence-electron chi connectivity index (χ3n) is 2.81. The van der Waals surface area contributed by atoms with Crippen molar-refractivity contribution in [2.75, 3.05) is 17.7 Å². The molecule has 7 nitrogen and oxygen atoms in total. The second-order valence-electron chi connectivity index (χ2n) is 4.50. The predicted octanol–water partition coefficient (Wildman–Crippen LogP) is 3.36. The van der Waals surface area contributed by atoms with E-state index in [9.17, 15) is 14.0 Å². The lowest BCUT2D eigenvalue weighted by molar-refractivity contribution is -0.140. The van der Waals surface area contributed by atoms with Crippen LogP contribution in [-0.4, -0.2) is 34.6 Å². The van der Waals surface area contributed by atoms with Crippen molar-refractivity contribution in [1.82, 2.24) is 10.2 Å². The molecule has 1 heterocycles. The number of aromatic nitrogens is 2. The predicted molar refractivity (Wildman–Crippen MR) is 90.9 cm³/mol. The maximum atomic E-state index is 12.8. The zero-order valence-electron chi connectivity index (χ0n) is 12.9. The average Bonchev–Trinajstić information content (AvgIpc) is 3.01. The molecule has 0 aliphatic carbocycles. The fraction of sp³-hybridized carbons (Fsp3) is 0.286. The highest BCUT2D eigenvalue weighted by atomic mass is 32.2. The Morgan fingerprint density at radius 1 is 1.29 bits per heavy atom. The lowest BCUT2D eigenvalue weighted by atomic mass is 10.3. The molecule has 2 amide bonds. The Labute approximate surface area is 146 Å². The number of urea groups is 1. The van der Waals surface area contributed by atoms with Gasteiger partial charge in [-0.3, -0.25) is 10.1 Å². The molecule has 0 aliphatic rings. The maximum Gasteiger partial charge on any atom is 0.325 e. The summed E-state index contributed by atoms with van der Waals surface area (Å²) in [5, 5.41) is 12.8. The number of rotatable bonds is 6. The molecule has 0 aliphatic heterocycles. The minimum absolute atomic E-state index is 0.289. The minimum atomic E-state index is -0.519. The number of benzene rings is 1. The van der Waals surface area contributed by atoms with Crippen molar-refractivity contribution in [2.24, 2.45) is 0 Å². The molecule has 2 N–H and O–H groups in total. The molecule has 0 radical (unpaired) electrons. The first-order chi connectivity index (χ1) is 11.5. The van der Waals surface area contributed by atoms with Crippen LogP contribution in [0.25, 0.3) is 0 Å². The zero-order valence-corrected chi connectivity index (χ0v) is 14.5. The summed E-state index contributed by atoms with van der Waals surface area (Å²) in [4.78, 5) is 23.4. The van der Waals surface area contributed by atoms with Crippen LogP contribution in [0, 0.1) is 5.82 Å². The highest BCUT2D eigenvalue weighted by molar-refractivity contribution is 8.02. The average molecular weight is 370 g/mol. The van der Waals surface area contributed by atoms with E-state index < -0.39 is 6.03 Å². The van der Waals surface area contributed by atoms with Gasteiger partial charge in [-0.2, -0.15) is 0 Å². The Morgan fingerprint density at radius 2 is 2.00 bits per heavy atom. The number of hydrogen-bond acceptors (Lipinski definition) is 7. The second kappa shape index (κ2) is 8.60. The van der Waals surface area contributed by atoms with Crippen LogP contribution >= 0.6 is 23.1 Å². The first-order valence-electron chi connectivity index (χ1n) is 6.93. The third-order valence-corrected chi connectivity index (χ3v) is 5.07. The number of nitrogens with zero attached hydrogens (tertiary/aromatic N) is 2. The first-order valence-corrected chi connectivity index (χ1v) is 8.63. The normalized spacial score (nSPS) is 11.6. The van der Waals surface area contributed by atoms with Gasteiger partial charge in [-0.05, 0) is 30.7 Å². The van der Waals surface area contributed by atoms with E-state index >= 15 is 0 Å². The van der Waals surface area contributed by atoms with Crippen molar-refractivity contribution >= 4 is 45.9 Å². The van der Waals surface area contributed by atoms with E-state index in [1.807, 2.05) is 6.92 Å². The van der Waals surface area contributed by atoms with Crippen molar-refractivity contribution in [1.29, 1.82) is 0 Å². The van der Waals surface area contributed by atoms with Gasteiger partial charge in [-0.15, -0.1) is 10.2 Å². The molecule has 1 aromatic heterocycles. The van der Waals surface area contributed by atoms with E-state index in [4.69, 9.17) is 4.74 Å². The van der Waals surface area contributed by atoms with Gasteiger partial charge in [0.05, 0.1) is 7.11 Å². The summed E-state index contributed by atoms with van der Waals surface area (Å²) in [6.45, 7) is 1.87. The fourth-order valence-corrected chi connectivity index (χ4v) is 3.59. The summed E-state index contributed by atoms with van der Waals surface area (Å²) in [7, 11) is 1.33. The monoisotopic (exact) mass is 370 g/mol. The van der Waals surface area contributed by atoms with Crippen LogP contribution in [-0.2, 0) is 9.53 Å². The Morgan fingerprint density at radius 3 is 2.62 bits per heavy atom. The number of amides is 2. The number of carbonyl (C=O) groups is 2. The molecule has 0 bridgehead atoms. The van der Waals surface area contributed by atoms with E-state index in [1.165, 1.54) is 43.1 Å². The molecule has 0 saturated heterocycles. The summed E-state index contributed by atoms with van der Waals surface area (Å²) >= 11 is 2.38. The van der Waals surface area contributed by atoms with Gasteiger partial charge in [0.2, 0.25) is 5.13 Å². The van der Waals surface area contributed by atoms with Gasteiger partial charge in [0.1, 0.15) is 11.1 Å². The number of anilines is 2. The number of carbonyl (C=O) groups excluding carboxylic acids is 2. The van der Waals surface area contributed by atoms with Gasteiger partial charge in [-0.25, -0.2) is 9.18 Å². The molecule has 2 aromatic rings. The molecule has 0 fully saturated rings. The standard InChI is InChI=1S/C14H15FN4O3S2/c1-3-10(11(20)22-2)23-14-19-18-13(24-14)17-12(21)16-9-6-4-8(15)5-7-9/h4-7,10H,3H2,1-2H3,(H2,16,17,18,21). The Hall–Kier alpha value is -2.20. The van der Waals surface area contributed by atoms with E-state index in [1.54, 1.807) is 0 Å². The third kappa shape index (κ3) is 5.17. The number of esters is 1. The quantitative estimate of drug-likeness (QED) is 0.460. The van der Waals surface area contributed by atoms with E-state index in [0.717, 1.165) is 11.3 Å². The van der Waals surface area contributed by atoms with Gasteiger partial charge in [0.15, 0.2) is 4.34 Å². The maximum absolute atomic E-state index is 12.8. The summed E-state index contributed by atoms with van der Waals surface area (Å²) < 4.78 is 18.1. The summed E-state index contributed by atoms with van der Waals surface area (Å²) in [5.74, 6) is -0.718. The van der Waals surface area contributed by atoms with Gasteiger partial charge >= 0.3 is 12.0 Å². The van der Waals surface area contributed by atoms with Gasteiger partial charge in [0.25, 0.3) is 0 Å². The molecule has 1 aromatic carbocycles. The molecule has 1 atom stereocenters. The van der Waals surface area contributed by atoms with Crippen LogP contribution in [0.4, 0.5) is 20.0 Å². The van der Waals surface area contributed by atoms with E-state index in [-0.39, 0.29) is 22.2 Å². The Balaban J connectivity index is 1.91. The van der Waals surface area contributed by atoms with Gasteiger partial charge < -0.3 is 10.1 Å². The zero-order chi connectivity index (χ0) is 17.5. The van der Waals surface area contributed by atoms with Crippen LogP contribution in [0.2, 0.25) is 0 Å². The van der Waals surface area contributed by atoms with E-state index in [2.05, 4.69) is 20.8 Å². The smallest absolute Gasteiger partial charge is 0.325 e. The SMILES string of the molecule is CCC(Sc1nnc(NC(=O)Nc2ccc(F)cc2)s1)C(=O)OC. The van der Waals surface area contributed by atoms with Gasteiger partial charge in [-0.1, -0.05) is 30.0 Å². The minimum Gasteiger partial charge on any atom is -0.468 e. The summed E-state index contributed by atoms with van der Waals surface area (Å²) in [5.41, 5.74) is 0.449. The fourth-order valence-electron chi connectivity index (χ4n) is 1.65. The largest absolute Gasteiger partial charge is 0.468 e. The summed E-state index contributed by atoms with van der Waals surface area (Å²) in [6.07, 6.45) is 0.588. The number of nitrogens with one attached hydrogen (secondary N) is 2. The van der Waals surface area contributed by atoms with Crippen molar-refractivity contribution in [3.8, 4) is 0 Å². The number of thioether (sulfide) groups is 1. The molecule has 1 unspecified atom stereocenters. The molecule has 24 heavy (non-hydrogen) atoms. The van der Waals surface area contributed by atoms with E-state index in [0.29, 0.717) is 16.4 Å². The topological polar surface area (TPSA) is 93.2 Å². The van der Waals surface area contributed by atoms with Crippen LogP contribution < -0.4 is 10.6 Å². The number of ether oxygens (including phenoxy) is 1. The van der Waals surface area contributed by atoms with Crippen molar-refractivity contribution in [2.45, 2.75) is 22.9 Å². The first kappa shape index (κ1) is 18.1. The molecule has 2 rings (SSSR count). The summed E-state index contributed by atoms with van der Waals surface area (Å²) in [6, 6.07) is 4.85. The van der Waals surface area contributed by atoms with Gasteiger partial charge in [0, 0.05) is 5.69 Å². The number of halogens is 1. The second-order valence-corrected chi connectivity index (χ2v) is 6.92. The van der Waals surface area contributed by atoms with Crippen molar-refractivity contribution in [3.05, 3.63) is 30.1 Å². The Kier molecular flexibility index (Phi) is 6.50. The molecule has 0 spiro atoms. The highest BCUT2D eigenvalue weighted by Gasteiger charge is 2.21. The lowest BCUT2D eigenvalue weighted by Gasteiger charge is -2.08. The molecule has 10 heteroatoms. The van der Waals surface area contributed by atoms with Crippen molar-refractivity contribution in [3.63, 3.8) is 0 Å². The van der Waals surface area contributed by atoms with Crippen LogP contribution in [0.3, 0.4) is 0 Å². The molecule has 0 saturated carbocycles. The van der Waals surface area contributed by atoms with Crippen LogP contribution in [0.15, 0.2) is 28.6 Å². The lowest BCUT2D eigenvalue weighted by Crippen LogP contribution is -2.19. The molecular weight excluding hydrogens is 355 g/mol. The van der Waals surface area contributed by atoms with Crippen LogP contribution in [0.1, 0.15) is 13.3 Å².